The second-order valence-electron chi connectivity index (χ2n) is 5.63. The predicted octanol–water partition coefficient (Wildman–Crippen LogP) is 2.98. The highest BCUT2D eigenvalue weighted by Gasteiger charge is 2.29. The van der Waals surface area contributed by atoms with Crippen molar-refractivity contribution >= 4 is 5.97 Å². The van der Waals surface area contributed by atoms with E-state index < -0.39 is 5.92 Å². The Bertz CT molecular complexity index is 516. The first-order chi connectivity index (χ1) is 11.1. The largest absolute Gasteiger partial charge is 0.476 e. The van der Waals surface area contributed by atoms with Crippen LogP contribution < -0.4 is 4.74 Å². The van der Waals surface area contributed by atoms with Crippen molar-refractivity contribution in [2.75, 3.05) is 13.7 Å². The molecule has 128 valence electrons. The maximum Gasteiger partial charge on any atom is 0.316 e. The third kappa shape index (κ3) is 4.91. The summed E-state index contributed by atoms with van der Waals surface area (Å²) in [6.45, 7) is 4.36. The molecule has 0 saturated heterocycles. The molecule has 0 spiro atoms. The van der Waals surface area contributed by atoms with Crippen LogP contribution in [0.3, 0.4) is 0 Å². The highest BCUT2D eigenvalue weighted by Crippen LogP contribution is 2.28. The molecule has 7 nitrogen and oxygen atoms in total. The third-order valence-corrected chi connectivity index (χ3v) is 3.54. The Labute approximate surface area is 135 Å². The molecule has 0 aromatic carbocycles. The zero-order valence-corrected chi connectivity index (χ0v) is 13.7. The minimum Gasteiger partial charge on any atom is -0.476 e. The van der Waals surface area contributed by atoms with Crippen LogP contribution in [0.5, 0.6) is 5.88 Å². The van der Waals surface area contributed by atoms with Crippen LogP contribution in [0.4, 0.5) is 0 Å². The van der Waals surface area contributed by atoms with Gasteiger partial charge in [-0.05, 0) is 23.9 Å². The molecule has 1 aromatic rings. The monoisotopic (exact) mass is 325 g/mol. The van der Waals surface area contributed by atoms with E-state index in [0.717, 1.165) is 19.3 Å². The first-order valence-electron chi connectivity index (χ1n) is 7.75. The van der Waals surface area contributed by atoms with E-state index in [4.69, 9.17) is 23.5 Å². The lowest BCUT2D eigenvalue weighted by molar-refractivity contribution is -0.144. The molecule has 0 fully saturated rings. The Morgan fingerprint density at radius 3 is 2.70 bits per heavy atom. The molecule has 0 radical (unpaired) electrons. The fourth-order valence-corrected chi connectivity index (χ4v) is 2.33. The molecule has 1 atom stereocenters. The number of hydrogen-bond acceptors (Lipinski definition) is 7. The zero-order chi connectivity index (χ0) is 16.7. The van der Waals surface area contributed by atoms with Gasteiger partial charge in [-0.1, -0.05) is 13.8 Å². The van der Waals surface area contributed by atoms with Crippen LogP contribution in [0, 0.1) is 5.92 Å². The molecule has 1 unspecified atom stereocenters. The fraction of sp³-hybridized carbons (Fsp3) is 0.625. The summed E-state index contributed by atoms with van der Waals surface area (Å²) in [6, 6.07) is 1.65. The first kappa shape index (κ1) is 17.2. The van der Waals surface area contributed by atoms with Gasteiger partial charge in [-0.15, -0.1) is 0 Å². The third-order valence-electron chi connectivity index (χ3n) is 3.54. The lowest BCUT2D eigenvalue weighted by atomic mass is 9.93. The van der Waals surface area contributed by atoms with Crippen LogP contribution in [0.25, 0.3) is 0 Å². The summed E-state index contributed by atoms with van der Waals surface area (Å²) in [6.07, 6.45) is 5.47. The Morgan fingerprint density at radius 2 is 2.04 bits per heavy atom. The van der Waals surface area contributed by atoms with E-state index in [2.05, 4.69) is 5.16 Å². The summed E-state index contributed by atoms with van der Waals surface area (Å²) >= 11 is 0. The van der Waals surface area contributed by atoms with Gasteiger partial charge < -0.3 is 23.5 Å². The number of aromatic nitrogens is 1. The molecule has 0 N–H and O–H groups in total. The number of ether oxygens (including phenoxy) is 4. The van der Waals surface area contributed by atoms with Crippen LogP contribution in [0.15, 0.2) is 23.1 Å². The van der Waals surface area contributed by atoms with E-state index in [9.17, 15) is 4.79 Å². The van der Waals surface area contributed by atoms with Gasteiger partial charge in [0.1, 0.15) is 18.4 Å². The second-order valence-corrected chi connectivity index (χ2v) is 5.63. The molecular weight excluding hydrogens is 302 g/mol. The normalized spacial score (nSPS) is 15.3. The van der Waals surface area contributed by atoms with Gasteiger partial charge in [0.15, 0.2) is 5.76 Å². The van der Waals surface area contributed by atoms with Crippen molar-refractivity contribution in [1.29, 1.82) is 0 Å². The number of rotatable bonds is 9. The summed E-state index contributed by atoms with van der Waals surface area (Å²) in [7, 11) is 1.36. The lowest BCUT2D eigenvalue weighted by Crippen LogP contribution is -2.19. The average Bonchev–Trinajstić information content (AvgIpc) is 3.18. The van der Waals surface area contributed by atoms with Crippen LogP contribution >= 0.6 is 0 Å². The number of nitrogens with zero attached hydrogens (tertiary/aromatic N) is 1. The minimum absolute atomic E-state index is 0.0447. The Morgan fingerprint density at radius 1 is 1.30 bits per heavy atom. The van der Waals surface area contributed by atoms with Gasteiger partial charge in [-0.25, -0.2) is 0 Å². The van der Waals surface area contributed by atoms with Crippen LogP contribution in [-0.2, 0) is 19.0 Å². The number of unbranched alkanes of at least 4 members (excludes halogenated alkanes) is 1. The summed E-state index contributed by atoms with van der Waals surface area (Å²) < 4.78 is 25.9. The number of esters is 1. The van der Waals surface area contributed by atoms with E-state index in [1.54, 1.807) is 18.6 Å². The maximum atomic E-state index is 11.8. The van der Waals surface area contributed by atoms with Gasteiger partial charge in [0, 0.05) is 12.5 Å². The van der Waals surface area contributed by atoms with Gasteiger partial charge in [0.25, 0.3) is 5.88 Å². The smallest absolute Gasteiger partial charge is 0.316 e. The number of carbonyl (C=O) groups is 1. The molecule has 23 heavy (non-hydrogen) atoms. The van der Waals surface area contributed by atoms with Crippen molar-refractivity contribution < 1.29 is 28.3 Å². The SMILES string of the molecule is COC(=O)C(c1cc(OCCCCC2OC=CO2)no1)C(C)C. The van der Waals surface area contributed by atoms with Crippen molar-refractivity contribution in [1.82, 2.24) is 5.16 Å². The molecule has 2 rings (SSSR count). The number of carbonyl (C=O) groups excluding carboxylic acids is 1. The van der Waals surface area contributed by atoms with E-state index in [1.165, 1.54) is 7.11 Å². The van der Waals surface area contributed by atoms with E-state index in [-0.39, 0.29) is 18.2 Å². The Kier molecular flexibility index (Phi) is 6.31. The molecule has 1 aliphatic heterocycles. The van der Waals surface area contributed by atoms with Crippen molar-refractivity contribution in [2.45, 2.75) is 45.3 Å². The quantitative estimate of drug-likeness (QED) is 0.510. The summed E-state index contributed by atoms with van der Waals surface area (Å²) in [5, 5.41) is 3.85. The van der Waals surface area contributed by atoms with Crippen LogP contribution in [0.2, 0.25) is 0 Å². The molecule has 0 amide bonds. The standard InChI is InChI=1S/C16H23NO6/c1-11(2)15(16(18)19-3)12-10-13(17-23-12)20-7-5-4-6-14-21-8-9-22-14/h8-11,14-15H,4-7H2,1-3H3. The van der Waals surface area contributed by atoms with Gasteiger partial charge in [0.2, 0.25) is 6.29 Å². The van der Waals surface area contributed by atoms with Crippen LogP contribution in [0.1, 0.15) is 44.8 Å². The van der Waals surface area contributed by atoms with Crippen molar-refractivity contribution in [3.05, 3.63) is 24.4 Å². The molecule has 1 aliphatic rings. The van der Waals surface area contributed by atoms with Gasteiger partial charge >= 0.3 is 5.97 Å². The van der Waals surface area contributed by atoms with Gasteiger partial charge in [-0.3, -0.25) is 4.79 Å². The Balaban J connectivity index is 1.74. The molecule has 1 aromatic heterocycles. The summed E-state index contributed by atoms with van der Waals surface area (Å²) in [5.41, 5.74) is 0. The van der Waals surface area contributed by atoms with Gasteiger partial charge in [0.05, 0.1) is 13.7 Å². The molecule has 0 aliphatic carbocycles. The zero-order valence-electron chi connectivity index (χ0n) is 13.7. The van der Waals surface area contributed by atoms with Crippen LogP contribution in [-0.4, -0.2) is 31.1 Å². The maximum absolute atomic E-state index is 11.8. The summed E-state index contributed by atoms with van der Waals surface area (Å²) in [4.78, 5) is 11.8. The number of methoxy groups -OCH3 is 1. The van der Waals surface area contributed by atoms with E-state index in [1.807, 2.05) is 13.8 Å². The summed E-state index contributed by atoms with van der Waals surface area (Å²) in [5.74, 6) is 0.0652. The highest BCUT2D eigenvalue weighted by atomic mass is 16.7. The second kappa shape index (κ2) is 8.45. The van der Waals surface area contributed by atoms with Crippen molar-refractivity contribution in [2.24, 2.45) is 5.92 Å². The molecule has 2 heterocycles. The first-order valence-corrected chi connectivity index (χ1v) is 7.75. The number of hydrogen-bond donors (Lipinski definition) is 0. The Hall–Kier alpha value is -2.18. The molecular formula is C16H23NO6. The van der Waals surface area contributed by atoms with Gasteiger partial charge in [-0.2, -0.15) is 0 Å². The van der Waals surface area contributed by atoms with E-state index in [0.29, 0.717) is 18.2 Å². The molecule has 7 heteroatoms. The predicted molar refractivity (Wildman–Crippen MR) is 80.5 cm³/mol. The highest BCUT2D eigenvalue weighted by molar-refractivity contribution is 5.77. The van der Waals surface area contributed by atoms with Crippen molar-refractivity contribution in [3.8, 4) is 5.88 Å². The average molecular weight is 325 g/mol. The minimum atomic E-state index is -0.478. The van der Waals surface area contributed by atoms with Crippen molar-refractivity contribution in [3.63, 3.8) is 0 Å². The topological polar surface area (TPSA) is 80.0 Å². The van der Waals surface area contributed by atoms with E-state index >= 15 is 0 Å². The molecule has 0 bridgehead atoms. The lowest BCUT2D eigenvalue weighted by Gasteiger charge is -2.14. The fourth-order valence-electron chi connectivity index (χ4n) is 2.33. The molecule has 0 saturated carbocycles.